The van der Waals surface area contributed by atoms with Gasteiger partial charge in [0.25, 0.3) is 0 Å². The van der Waals surface area contributed by atoms with E-state index in [1.807, 2.05) is 13.8 Å². The minimum Gasteiger partial charge on any atom is -0.435 e. The Morgan fingerprint density at radius 2 is 1.86 bits per heavy atom. The summed E-state index contributed by atoms with van der Waals surface area (Å²) in [6, 6.07) is 6.35. The normalized spacial score (nSPS) is 11.5. The highest BCUT2D eigenvalue weighted by Gasteiger charge is 2.29. The Labute approximate surface area is 123 Å². The zero-order chi connectivity index (χ0) is 15.9. The molecule has 0 aliphatic heterocycles. The molecule has 0 saturated heterocycles. The van der Waals surface area contributed by atoms with Crippen LogP contribution in [0.25, 0.3) is 0 Å². The van der Waals surface area contributed by atoms with Gasteiger partial charge in [0, 0.05) is 6.54 Å². The van der Waals surface area contributed by atoms with Gasteiger partial charge in [-0.2, -0.15) is 8.78 Å². The van der Waals surface area contributed by atoms with Gasteiger partial charge in [0.2, 0.25) is 5.91 Å². The van der Waals surface area contributed by atoms with Crippen LogP contribution in [0, 0.1) is 0 Å². The number of nitrogens with one attached hydrogen (secondary N) is 1. The molecule has 6 heteroatoms. The van der Waals surface area contributed by atoms with Crippen LogP contribution in [0.4, 0.5) is 8.78 Å². The predicted octanol–water partition coefficient (Wildman–Crippen LogP) is 2.46. The zero-order valence-corrected chi connectivity index (χ0v) is 12.4. The Balaban J connectivity index is 2.44. The summed E-state index contributed by atoms with van der Waals surface area (Å²) in [5, 5.41) is 2.81. The first-order valence-electron chi connectivity index (χ1n) is 7.02. The summed E-state index contributed by atoms with van der Waals surface area (Å²) < 4.78 is 28.3. The minimum absolute atomic E-state index is 0.121. The van der Waals surface area contributed by atoms with Crippen molar-refractivity contribution < 1.29 is 18.3 Å². The van der Waals surface area contributed by atoms with Gasteiger partial charge in [-0.25, -0.2) is 0 Å². The highest BCUT2D eigenvalue weighted by molar-refractivity contribution is 5.85. The van der Waals surface area contributed by atoms with E-state index in [9.17, 15) is 13.6 Å². The summed E-state index contributed by atoms with van der Waals surface area (Å²) in [4.78, 5) is 12.0. The lowest BCUT2D eigenvalue weighted by Gasteiger charge is -2.25. The second kappa shape index (κ2) is 7.93. The van der Waals surface area contributed by atoms with Crippen LogP contribution in [-0.4, -0.2) is 24.6 Å². The van der Waals surface area contributed by atoms with Crippen LogP contribution in [0.2, 0.25) is 0 Å². The number of hydrogen-bond donors (Lipinski definition) is 2. The van der Waals surface area contributed by atoms with E-state index in [1.54, 1.807) is 12.1 Å². The van der Waals surface area contributed by atoms with Crippen LogP contribution in [-0.2, 0) is 11.2 Å². The van der Waals surface area contributed by atoms with Crippen molar-refractivity contribution in [1.82, 2.24) is 5.32 Å². The Morgan fingerprint density at radius 3 is 2.33 bits per heavy atom. The number of hydrogen-bond acceptors (Lipinski definition) is 3. The van der Waals surface area contributed by atoms with E-state index in [-0.39, 0.29) is 11.7 Å². The second-order valence-corrected chi connectivity index (χ2v) is 4.89. The lowest BCUT2D eigenvalue weighted by molar-refractivity contribution is -0.126. The van der Waals surface area contributed by atoms with E-state index in [0.717, 1.165) is 5.56 Å². The van der Waals surface area contributed by atoms with Crippen molar-refractivity contribution in [2.24, 2.45) is 5.73 Å². The summed E-state index contributed by atoms with van der Waals surface area (Å²) in [6.45, 7) is 1.39. The third-order valence-corrected chi connectivity index (χ3v) is 3.56. The van der Waals surface area contributed by atoms with Gasteiger partial charge in [-0.15, -0.1) is 0 Å². The summed E-state index contributed by atoms with van der Waals surface area (Å²) in [6.07, 6.45) is 1.76. The number of nitrogens with two attached hydrogens (primary N) is 1. The lowest BCUT2D eigenvalue weighted by atomic mass is 9.93. The first kappa shape index (κ1) is 17.4. The van der Waals surface area contributed by atoms with Gasteiger partial charge >= 0.3 is 6.61 Å². The van der Waals surface area contributed by atoms with Gasteiger partial charge in [0.15, 0.2) is 0 Å². The molecule has 0 fully saturated rings. The van der Waals surface area contributed by atoms with E-state index in [1.165, 1.54) is 12.1 Å². The summed E-state index contributed by atoms with van der Waals surface area (Å²) >= 11 is 0. The first-order chi connectivity index (χ1) is 9.91. The lowest BCUT2D eigenvalue weighted by Crippen LogP contribution is -2.53. The number of rotatable bonds is 8. The van der Waals surface area contributed by atoms with Gasteiger partial charge < -0.3 is 15.8 Å². The third kappa shape index (κ3) is 5.30. The van der Waals surface area contributed by atoms with Crippen LogP contribution in [0.1, 0.15) is 32.3 Å². The number of ether oxygens (including phenoxy) is 1. The average Bonchev–Trinajstić information content (AvgIpc) is 2.47. The molecule has 0 saturated carbocycles. The molecular weight excluding hydrogens is 278 g/mol. The molecule has 3 N–H and O–H groups in total. The van der Waals surface area contributed by atoms with E-state index in [2.05, 4.69) is 10.1 Å². The molecule has 1 amide bonds. The molecule has 0 heterocycles. The summed E-state index contributed by atoms with van der Waals surface area (Å²) in [5.41, 5.74) is 6.09. The zero-order valence-electron chi connectivity index (χ0n) is 12.4. The SMILES string of the molecule is CCC(N)(CC)C(=O)NCCc1ccc(OC(F)F)cc1. The number of amides is 1. The molecule has 1 aromatic rings. The molecule has 1 rings (SSSR count). The van der Waals surface area contributed by atoms with Gasteiger partial charge in [0.05, 0.1) is 5.54 Å². The Bertz CT molecular complexity index is 445. The minimum atomic E-state index is -2.82. The van der Waals surface area contributed by atoms with E-state index in [4.69, 9.17) is 5.73 Å². The van der Waals surface area contributed by atoms with Crippen LogP contribution in [0.5, 0.6) is 5.75 Å². The third-order valence-electron chi connectivity index (χ3n) is 3.56. The van der Waals surface area contributed by atoms with E-state index < -0.39 is 12.2 Å². The summed E-state index contributed by atoms with van der Waals surface area (Å²) in [5.74, 6) is -0.0409. The van der Waals surface area contributed by atoms with Crippen LogP contribution >= 0.6 is 0 Å². The number of alkyl halides is 2. The second-order valence-electron chi connectivity index (χ2n) is 4.89. The average molecular weight is 300 g/mol. The molecule has 0 spiro atoms. The van der Waals surface area contributed by atoms with Crippen molar-refractivity contribution in [1.29, 1.82) is 0 Å². The quantitative estimate of drug-likeness (QED) is 0.775. The molecule has 0 aromatic heterocycles. The molecule has 0 unspecified atom stereocenters. The molecular formula is C15H22F2N2O2. The Morgan fingerprint density at radius 1 is 1.29 bits per heavy atom. The largest absolute Gasteiger partial charge is 0.435 e. The molecule has 4 nitrogen and oxygen atoms in total. The topological polar surface area (TPSA) is 64.4 Å². The highest BCUT2D eigenvalue weighted by atomic mass is 19.3. The molecule has 21 heavy (non-hydrogen) atoms. The monoisotopic (exact) mass is 300 g/mol. The van der Waals surface area contributed by atoms with Crippen molar-refractivity contribution in [3.8, 4) is 5.75 Å². The van der Waals surface area contributed by atoms with E-state index >= 15 is 0 Å². The maximum Gasteiger partial charge on any atom is 0.387 e. The highest BCUT2D eigenvalue weighted by Crippen LogP contribution is 2.15. The molecule has 0 aliphatic carbocycles. The summed E-state index contributed by atoms with van der Waals surface area (Å²) in [7, 11) is 0. The van der Waals surface area contributed by atoms with Crippen molar-refractivity contribution in [2.45, 2.75) is 45.3 Å². The number of carbonyl (C=O) groups is 1. The predicted molar refractivity (Wildman–Crippen MR) is 77.3 cm³/mol. The maximum absolute atomic E-state index is 12.0. The van der Waals surface area contributed by atoms with Gasteiger partial charge in [0.1, 0.15) is 5.75 Å². The molecule has 118 valence electrons. The Kier molecular flexibility index (Phi) is 6.55. The fourth-order valence-corrected chi connectivity index (χ4v) is 1.91. The van der Waals surface area contributed by atoms with Crippen LogP contribution in [0.15, 0.2) is 24.3 Å². The smallest absolute Gasteiger partial charge is 0.387 e. The number of carbonyl (C=O) groups excluding carboxylic acids is 1. The number of halogens is 2. The molecule has 0 atom stereocenters. The molecule has 0 bridgehead atoms. The molecule has 1 aromatic carbocycles. The first-order valence-corrected chi connectivity index (χ1v) is 7.02. The van der Waals surface area contributed by atoms with Gasteiger partial charge in [-0.1, -0.05) is 26.0 Å². The van der Waals surface area contributed by atoms with Gasteiger partial charge in [-0.3, -0.25) is 4.79 Å². The van der Waals surface area contributed by atoms with Crippen LogP contribution in [0.3, 0.4) is 0 Å². The van der Waals surface area contributed by atoms with Crippen molar-refractivity contribution in [3.05, 3.63) is 29.8 Å². The van der Waals surface area contributed by atoms with Crippen LogP contribution < -0.4 is 15.8 Å². The van der Waals surface area contributed by atoms with Crippen molar-refractivity contribution >= 4 is 5.91 Å². The standard InChI is InChI=1S/C15H22F2N2O2/c1-3-15(18,4-2)13(20)19-10-9-11-5-7-12(8-6-11)21-14(16)17/h5-8,14H,3-4,9-10,18H2,1-2H3,(H,19,20). The van der Waals surface area contributed by atoms with Crippen molar-refractivity contribution in [3.63, 3.8) is 0 Å². The van der Waals surface area contributed by atoms with Gasteiger partial charge in [-0.05, 0) is 37.0 Å². The maximum atomic E-state index is 12.0. The molecule has 0 aliphatic rings. The fraction of sp³-hybridized carbons (Fsp3) is 0.533. The van der Waals surface area contributed by atoms with Crippen molar-refractivity contribution in [2.75, 3.05) is 6.54 Å². The molecule has 0 radical (unpaired) electrons. The van der Waals surface area contributed by atoms with E-state index in [0.29, 0.717) is 25.8 Å². The fourth-order valence-electron chi connectivity index (χ4n) is 1.91. The Hall–Kier alpha value is -1.69. The number of benzene rings is 1.